The quantitative estimate of drug-likeness (QED) is 0.801. The number of ether oxygens (including phenoxy) is 1. The maximum atomic E-state index is 13.3. The van der Waals surface area contributed by atoms with Crippen LogP contribution in [-0.2, 0) is 11.3 Å². The first-order chi connectivity index (χ1) is 9.49. The minimum atomic E-state index is -0.640. The van der Waals surface area contributed by atoms with Crippen molar-refractivity contribution in [3.05, 3.63) is 62.2 Å². The first-order valence-electron chi connectivity index (χ1n) is 5.61. The molecule has 1 aromatic carbocycles. The van der Waals surface area contributed by atoms with Gasteiger partial charge in [-0.2, -0.15) is 5.10 Å². The van der Waals surface area contributed by atoms with Gasteiger partial charge < -0.3 is 4.74 Å². The van der Waals surface area contributed by atoms with E-state index < -0.39 is 17.3 Å². The summed E-state index contributed by atoms with van der Waals surface area (Å²) in [6.07, 6.45) is 0. The Hall–Kier alpha value is -2.02. The highest BCUT2D eigenvalue weighted by molar-refractivity contribution is 9.10. The monoisotopic (exact) mass is 340 g/mol. The van der Waals surface area contributed by atoms with E-state index in [4.69, 9.17) is 0 Å². The topological polar surface area (TPSA) is 61.2 Å². The van der Waals surface area contributed by atoms with Gasteiger partial charge in [-0.15, -0.1) is 0 Å². The minimum absolute atomic E-state index is 0.0163. The van der Waals surface area contributed by atoms with E-state index in [0.717, 1.165) is 4.68 Å². The number of esters is 1. The average molecular weight is 341 g/mol. The van der Waals surface area contributed by atoms with Crippen LogP contribution in [0.4, 0.5) is 4.39 Å². The van der Waals surface area contributed by atoms with Crippen molar-refractivity contribution in [2.45, 2.75) is 6.54 Å². The summed E-state index contributed by atoms with van der Waals surface area (Å²) in [6.45, 7) is 0.0556. The average Bonchev–Trinajstić information content (AvgIpc) is 2.39. The Balaban J connectivity index is 2.37. The largest absolute Gasteiger partial charge is 0.464 e. The Kier molecular flexibility index (Phi) is 4.29. The van der Waals surface area contributed by atoms with E-state index in [0.29, 0.717) is 10.0 Å². The maximum Gasteiger partial charge on any atom is 0.358 e. The second kappa shape index (κ2) is 5.96. The maximum absolute atomic E-state index is 13.3. The van der Waals surface area contributed by atoms with E-state index in [1.165, 1.54) is 31.4 Å². The molecule has 0 bridgehead atoms. The zero-order chi connectivity index (χ0) is 14.7. The Morgan fingerprint density at radius 1 is 1.40 bits per heavy atom. The molecule has 0 unspecified atom stereocenters. The lowest BCUT2D eigenvalue weighted by Crippen LogP contribution is -2.25. The lowest BCUT2D eigenvalue weighted by atomic mass is 10.2. The molecule has 0 N–H and O–H groups in total. The van der Waals surface area contributed by atoms with Crippen LogP contribution in [-0.4, -0.2) is 22.9 Å². The van der Waals surface area contributed by atoms with Crippen LogP contribution in [0.2, 0.25) is 0 Å². The van der Waals surface area contributed by atoms with Crippen LogP contribution in [0.1, 0.15) is 16.1 Å². The number of hydrogen-bond donors (Lipinski definition) is 0. The second-order valence-corrected chi connectivity index (χ2v) is 4.90. The number of methoxy groups -OCH3 is 1. The highest BCUT2D eigenvalue weighted by Crippen LogP contribution is 2.15. The smallest absolute Gasteiger partial charge is 0.358 e. The summed E-state index contributed by atoms with van der Waals surface area (Å²) in [7, 11) is 1.23. The first-order valence-corrected chi connectivity index (χ1v) is 6.40. The van der Waals surface area contributed by atoms with Gasteiger partial charge in [-0.05, 0) is 29.8 Å². The molecule has 0 aliphatic heterocycles. The van der Waals surface area contributed by atoms with Crippen LogP contribution in [0.5, 0.6) is 0 Å². The fourth-order valence-corrected chi connectivity index (χ4v) is 2.16. The highest BCUT2D eigenvalue weighted by Gasteiger charge is 2.10. The number of rotatable bonds is 3. The van der Waals surface area contributed by atoms with Gasteiger partial charge in [0.25, 0.3) is 5.56 Å². The molecular weight excluding hydrogens is 331 g/mol. The summed E-state index contributed by atoms with van der Waals surface area (Å²) < 4.78 is 19.5. The van der Waals surface area contributed by atoms with Crippen LogP contribution >= 0.6 is 15.9 Å². The molecule has 0 amide bonds. The van der Waals surface area contributed by atoms with Crippen molar-refractivity contribution in [2.24, 2.45) is 0 Å². The third-order valence-corrected chi connectivity index (χ3v) is 2.97. The molecule has 5 nitrogen and oxygen atoms in total. The molecule has 0 aliphatic carbocycles. The molecular formula is C13H10BrFN2O3. The Morgan fingerprint density at radius 2 is 2.15 bits per heavy atom. The second-order valence-electron chi connectivity index (χ2n) is 3.98. The van der Waals surface area contributed by atoms with Gasteiger partial charge >= 0.3 is 5.97 Å². The lowest BCUT2D eigenvalue weighted by Gasteiger charge is -2.07. The van der Waals surface area contributed by atoms with Gasteiger partial charge in [0.1, 0.15) is 5.82 Å². The molecule has 0 saturated carbocycles. The molecule has 0 saturated heterocycles. The van der Waals surface area contributed by atoms with Gasteiger partial charge in [-0.1, -0.05) is 15.9 Å². The normalized spacial score (nSPS) is 10.3. The molecule has 0 atom stereocenters. The number of carbonyl (C=O) groups excluding carboxylic acids is 1. The fourth-order valence-electron chi connectivity index (χ4n) is 1.65. The molecule has 7 heteroatoms. The van der Waals surface area contributed by atoms with Crippen LogP contribution in [0, 0.1) is 5.82 Å². The van der Waals surface area contributed by atoms with Crippen molar-refractivity contribution < 1.29 is 13.9 Å². The predicted octanol–water partition coefficient (Wildman–Crippen LogP) is 1.98. The number of benzene rings is 1. The predicted molar refractivity (Wildman–Crippen MR) is 73.0 cm³/mol. The van der Waals surface area contributed by atoms with E-state index in [2.05, 4.69) is 25.8 Å². The summed E-state index contributed by atoms with van der Waals surface area (Å²) in [5.74, 6) is -1.06. The van der Waals surface area contributed by atoms with Crippen molar-refractivity contribution in [3.8, 4) is 0 Å². The summed E-state index contributed by atoms with van der Waals surface area (Å²) >= 11 is 3.17. The Labute approximate surface area is 122 Å². The van der Waals surface area contributed by atoms with Gasteiger partial charge in [0, 0.05) is 10.5 Å². The lowest BCUT2D eigenvalue weighted by molar-refractivity contribution is 0.0591. The van der Waals surface area contributed by atoms with Crippen LogP contribution in [0.25, 0.3) is 0 Å². The number of halogens is 2. The highest BCUT2D eigenvalue weighted by atomic mass is 79.9. The standard InChI is InChI=1S/C13H10BrFN2O3/c1-20-13(19)11-2-3-12(18)17(16-11)7-8-4-9(14)6-10(15)5-8/h2-6H,7H2,1H3. The zero-order valence-corrected chi connectivity index (χ0v) is 12.1. The summed E-state index contributed by atoms with van der Waals surface area (Å²) in [4.78, 5) is 23.1. The molecule has 0 aliphatic rings. The Bertz CT molecular complexity index is 695. The minimum Gasteiger partial charge on any atom is -0.464 e. The fraction of sp³-hybridized carbons (Fsp3) is 0.154. The number of nitrogens with zero attached hydrogens (tertiary/aromatic N) is 2. The molecule has 104 valence electrons. The van der Waals surface area contributed by atoms with Crippen molar-refractivity contribution in [1.82, 2.24) is 9.78 Å². The molecule has 1 heterocycles. The molecule has 0 radical (unpaired) electrons. The molecule has 1 aromatic heterocycles. The molecule has 2 aromatic rings. The van der Waals surface area contributed by atoms with Gasteiger partial charge in [-0.25, -0.2) is 13.9 Å². The number of carbonyl (C=O) groups is 1. The third kappa shape index (κ3) is 3.30. The van der Waals surface area contributed by atoms with Crippen molar-refractivity contribution in [1.29, 1.82) is 0 Å². The summed E-state index contributed by atoms with van der Waals surface area (Å²) in [5.41, 5.74) is 0.175. The zero-order valence-electron chi connectivity index (χ0n) is 10.5. The molecule has 2 rings (SSSR count). The van der Waals surface area contributed by atoms with Gasteiger partial charge in [0.05, 0.1) is 13.7 Å². The van der Waals surface area contributed by atoms with Crippen molar-refractivity contribution in [2.75, 3.05) is 7.11 Å². The van der Waals surface area contributed by atoms with E-state index in [1.807, 2.05) is 0 Å². The van der Waals surface area contributed by atoms with Crippen molar-refractivity contribution in [3.63, 3.8) is 0 Å². The van der Waals surface area contributed by atoms with Gasteiger partial charge in [0.2, 0.25) is 0 Å². The van der Waals surface area contributed by atoms with Crippen LogP contribution < -0.4 is 5.56 Å². The van der Waals surface area contributed by atoms with Crippen molar-refractivity contribution >= 4 is 21.9 Å². The molecule has 0 fully saturated rings. The van der Waals surface area contributed by atoms with Gasteiger partial charge in [-0.3, -0.25) is 4.79 Å². The van der Waals surface area contributed by atoms with Crippen LogP contribution in [0.15, 0.2) is 39.6 Å². The molecule has 0 spiro atoms. The Morgan fingerprint density at radius 3 is 2.80 bits per heavy atom. The first kappa shape index (κ1) is 14.4. The SMILES string of the molecule is COC(=O)c1ccc(=O)n(Cc2cc(F)cc(Br)c2)n1. The summed E-state index contributed by atoms with van der Waals surface area (Å²) in [6, 6.07) is 6.77. The van der Waals surface area contributed by atoms with E-state index in [1.54, 1.807) is 6.07 Å². The van der Waals surface area contributed by atoms with E-state index in [-0.39, 0.29) is 12.2 Å². The van der Waals surface area contributed by atoms with Gasteiger partial charge in [0.15, 0.2) is 5.69 Å². The summed E-state index contributed by atoms with van der Waals surface area (Å²) in [5, 5.41) is 3.89. The number of hydrogen-bond acceptors (Lipinski definition) is 4. The van der Waals surface area contributed by atoms with E-state index >= 15 is 0 Å². The number of aromatic nitrogens is 2. The van der Waals surface area contributed by atoms with E-state index in [9.17, 15) is 14.0 Å². The van der Waals surface area contributed by atoms with Crippen LogP contribution in [0.3, 0.4) is 0 Å². The third-order valence-electron chi connectivity index (χ3n) is 2.52. The molecule has 20 heavy (non-hydrogen) atoms.